The van der Waals surface area contributed by atoms with Gasteiger partial charge in [0.25, 0.3) is 5.90 Å². The van der Waals surface area contributed by atoms with Crippen LogP contribution in [0.5, 0.6) is 0 Å². The van der Waals surface area contributed by atoms with E-state index in [4.69, 9.17) is 27.5 Å². The van der Waals surface area contributed by atoms with E-state index in [-0.39, 0.29) is 11.5 Å². The van der Waals surface area contributed by atoms with Crippen LogP contribution in [0.1, 0.15) is 56.6 Å². The van der Waals surface area contributed by atoms with Crippen molar-refractivity contribution in [2.24, 2.45) is 17.6 Å². The number of nitrogens with two attached hydrogens (primary N) is 1. The summed E-state index contributed by atoms with van der Waals surface area (Å²) in [6.07, 6.45) is 9.57. The second kappa shape index (κ2) is 9.57. The summed E-state index contributed by atoms with van der Waals surface area (Å²) in [5, 5.41) is 8.49. The number of hydrogen-bond acceptors (Lipinski definition) is 7. The molecular formula is C25H27ClFN7O2. The predicted octanol–water partition coefficient (Wildman–Crippen LogP) is 5.30. The average Bonchev–Trinajstić information content (AvgIpc) is 3.20. The fourth-order valence-electron chi connectivity index (χ4n) is 5.12. The van der Waals surface area contributed by atoms with Crippen LogP contribution in [0.25, 0.3) is 22.4 Å². The summed E-state index contributed by atoms with van der Waals surface area (Å²) in [4.78, 5) is 28.9. The molecule has 0 aromatic carbocycles. The molecule has 2 fully saturated rings. The Bertz CT molecular complexity index is 1350. The number of fused-ring (bicyclic) bond motifs is 1. The number of alkyl halides is 1. The van der Waals surface area contributed by atoms with Crippen molar-refractivity contribution in [2.45, 2.75) is 57.2 Å². The van der Waals surface area contributed by atoms with Crippen LogP contribution in [0.15, 0.2) is 31.1 Å². The Labute approximate surface area is 212 Å². The standard InChI is InChI=1S/C25H27ClFN7O2/c1-2-14-4-6-15(7-5-14)13-34-19-18(16-10-17(26)12-30-11-16)31-22(20(28)36-24(29)35)32-21(19)33-23(34)25(27)8-3-9-25/h2,10-12,14-15,28H,1,3-9,13H2,(H2,29,35). The Kier molecular flexibility index (Phi) is 6.46. The van der Waals surface area contributed by atoms with Gasteiger partial charge in [0.05, 0.1) is 5.02 Å². The number of carbonyl (C=O) groups is 1. The maximum absolute atomic E-state index is 15.9. The van der Waals surface area contributed by atoms with Gasteiger partial charge in [0, 0.05) is 24.5 Å². The maximum Gasteiger partial charge on any atom is 0.411 e. The van der Waals surface area contributed by atoms with Crippen molar-refractivity contribution in [3.63, 3.8) is 0 Å². The van der Waals surface area contributed by atoms with Crippen LogP contribution in [0.4, 0.5) is 9.18 Å². The zero-order valence-electron chi connectivity index (χ0n) is 19.7. The van der Waals surface area contributed by atoms with Gasteiger partial charge in [-0.15, -0.1) is 6.58 Å². The summed E-state index contributed by atoms with van der Waals surface area (Å²) < 4.78 is 22.6. The first-order valence-corrected chi connectivity index (χ1v) is 12.4. The highest BCUT2D eigenvalue weighted by atomic mass is 35.5. The van der Waals surface area contributed by atoms with E-state index in [1.54, 1.807) is 12.3 Å². The number of nitrogens with zero attached hydrogens (tertiary/aromatic N) is 5. The third-order valence-electron chi connectivity index (χ3n) is 7.20. The summed E-state index contributed by atoms with van der Waals surface area (Å²) in [5.41, 5.74) is 5.21. The van der Waals surface area contributed by atoms with E-state index in [1.807, 2.05) is 10.6 Å². The largest absolute Gasteiger partial charge is 0.411 e. The Hall–Kier alpha value is -3.40. The zero-order chi connectivity index (χ0) is 25.4. The normalized spacial score (nSPS) is 21.1. The molecule has 2 aliphatic carbocycles. The number of ether oxygens (including phenoxy) is 1. The van der Waals surface area contributed by atoms with E-state index < -0.39 is 17.7 Å². The fourth-order valence-corrected chi connectivity index (χ4v) is 5.30. The van der Waals surface area contributed by atoms with Crippen LogP contribution < -0.4 is 5.73 Å². The summed E-state index contributed by atoms with van der Waals surface area (Å²) in [7, 11) is 0. The van der Waals surface area contributed by atoms with Crippen LogP contribution >= 0.6 is 11.6 Å². The van der Waals surface area contributed by atoms with Crippen LogP contribution in [0, 0.1) is 17.2 Å². The number of rotatable bonds is 6. The van der Waals surface area contributed by atoms with Crippen LogP contribution in [0.2, 0.25) is 5.02 Å². The molecule has 0 unspecified atom stereocenters. The van der Waals surface area contributed by atoms with Crippen LogP contribution in [-0.2, 0) is 17.0 Å². The Morgan fingerprint density at radius 3 is 2.64 bits per heavy atom. The molecule has 2 aliphatic rings. The molecule has 9 nitrogen and oxygen atoms in total. The quantitative estimate of drug-likeness (QED) is 0.262. The van der Waals surface area contributed by atoms with Crippen LogP contribution in [0.3, 0.4) is 0 Å². The lowest BCUT2D eigenvalue weighted by molar-refractivity contribution is 0.0458. The average molecular weight is 512 g/mol. The number of imidazole rings is 1. The molecule has 36 heavy (non-hydrogen) atoms. The highest BCUT2D eigenvalue weighted by Crippen LogP contribution is 2.46. The molecule has 188 valence electrons. The van der Waals surface area contributed by atoms with Gasteiger partial charge in [0.2, 0.25) is 5.82 Å². The third kappa shape index (κ3) is 4.57. The van der Waals surface area contributed by atoms with E-state index in [0.717, 1.165) is 32.1 Å². The van der Waals surface area contributed by atoms with Crippen molar-refractivity contribution in [2.75, 3.05) is 0 Å². The third-order valence-corrected chi connectivity index (χ3v) is 7.41. The van der Waals surface area contributed by atoms with Gasteiger partial charge in [0.1, 0.15) is 17.0 Å². The molecule has 5 rings (SSSR count). The van der Waals surface area contributed by atoms with E-state index in [9.17, 15) is 4.79 Å². The molecule has 3 N–H and O–H groups in total. The molecule has 3 aromatic heterocycles. The second-order valence-corrected chi connectivity index (χ2v) is 10.0. The van der Waals surface area contributed by atoms with Gasteiger partial charge in [-0.1, -0.05) is 17.7 Å². The number of amides is 1. The second-order valence-electron chi connectivity index (χ2n) is 9.59. The zero-order valence-corrected chi connectivity index (χ0v) is 20.5. The Morgan fingerprint density at radius 1 is 1.28 bits per heavy atom. The van der Waals surface area contributed by atoms with E-state index >= 15 is 4.39 Å². The molecule has 0 bridgehead atoms. The predicted molar refractivity (Wildman–Crippen MR) is 133 cm³/mol. The first-order chi connectivity index (χ1) is 17.3. The molecule has 2 saturated carbocycles. The van der Waals surface area contributed by atoms with Crippen molar-refractivity contribution in [3.05, 3.63) is 47.8 Å². The van der Waals surface area contributed by atoms with Crippen molar-refractivity contribution >= 4 is 34.8 Å². The van der Waals surface area contributed by atoms with Gasteiger partial charge in [-0.05, 0) is 62.8 Å². The first-order valence-electron chi connectivity index (χ1n) is 12.0. The molecule has 0 aliphatic heterocycles. The lowest BCUT2D eigenvalue weighted by Crippen LogP contribution is -2.33. The van der Waals surface area contributed by atoms with E-state index in [2.05, 4.69) is 26.5 Å². The van der Waals surface area contributed by atoms with Gasteiger partial charge >= 0.3 is 6.09 Å². The summed E-state index contributed by atoms with van der Waals surface area (Å²) >= 11 is 6.22. The van der Waals surface area contributed by atoms with Crippen molar-refractivity contribution in [1.29, 1.82) is 5.41 Å². The smallest absolute Gasteiger partial charge is 0.388 e. The fraction of sp³-hybridized carbons (Fsp3) is 0.440. The number of primary amides is 1. The maximum atomic E-state index is 15.9. The van der Waals surface area contributed by atoms with Gasteiger partial charge in [-0.3, -0.25) is 10.4 Å². The van der Waals surface area contributed by atoms with Gasteiger partial charge in [0.15, 0.2) is 11.3 Å². The molecule has 0 saturated heterocycles. The highest BCUT2D eigenvalue weighted by molar-refractivity contribution is 6.30. The molecule has 11 heteroatoms. The topological polar surface area (TPSA) is 133 Å². The SMILES string of the molecule is C=CC1CCC(Cn2c(C3(F)CCC3)nc3nc(C(=N)OC(N)=O)nc(-c4cncc(Cl)c4)c32)CC1. The van der Waals surface area contributed by atoms with Crippen molar-refractivity contribution in [1.82, 2.24) is 24.5 Å². The van der Waals surface area contributed by atoms with E-state index in [1.165, 1.54) is 6.20 Å². The molecular weight excluding hydrogens is 485 g/mol. The lowest BCUT2D eigenvalue weighted by atomic mass is 9.80. The Balaban J connectivity index is 1.69. The van der Waals surface area contributed by atoms with Gasteiger partial charge in [-0.2, -0.15) is 0 Å². The monoisotopic (exact) mass is 511 g/mol. The lowest BCUT2D eigenvalue weighted by Gasteiger charge is -2.35. The minimum Gasteiger partial charge on any atom is -0.388 e. The molecule has 0 radical (unpaired) electrons. The number of pyridine rings is 1. The molecule has 0 spiro atoms. The number of halogens is 2. The minimum atomic E-state index is -1.56. The van der Waals surface area contributed by atoms with Crippen molar-refractivity contribution < 1.29 is 13.9 Å². The number of allylic oxidation sites excluding steroid dienone is 1. The number of carbonyl (C=O) groups excluding carboxylic acids is 1. The minimum absolute atomic E-state index is 0.194. The van der Waals surface area contributed by atoms with Crippen LogP contribution in [-0.4, -0.2) is 36.5 Å². The number of nitrogens with one attached hydrogen (secondary N) is 1. The number of hydrogen-bond donors (Lipinski definition) is 2. The molecule has 3 aromatic rings. The van der Waals surface area contributed by atoms with Gasteiger partial charge in [-0.25, -0.2) is 24.1 Å². The molecule has 0 atom stereocenters. The Morgan fingerprint density at radius 2 is 2.03 bits per heavy atom. The van der Waals surface area contributed by atoms with Crippen molar-refractivity contribution in [3.8, 4) is 11.3 Å². The summed E-state index contributed by atoms with van der Waals surface area (Å²) in [5.74, 6) is 0.343. The summed E-state index contributed by atoms with van der Waals surface area (Å²) in [6.45, 7) is 4.50. The summed E-state index contributed by atoms with van der Waals surface area (Å²) in [6, 6.07) is 1.68. The van der Waals surface area contributed by atoms with Gasteiger partial charge < -0.3 is 15.0 Å². The highest BCUT2D eigenvalue weighted by Gasteiger charge is 2.44. The first kappa shape index (κ1) is 24.3. The number of aromatic nitrogens is 5. The molecule has 3 heterocycles. The van der Waals surface area contributed by atoms with E-state index in [0.29, 0.717) is 58.8 Å². The molecule has 1 amide bonds.